The molecule has 4 N–H and O–H groups in total. The Labute approximate surface area is 106 Å². The predicted molar refractivity (Wildman–Crippen MR) is 74.6 cm³/mol. The maximum atomic E-state index is 12.2. The van der Waals surface area contributed by atoms with Gasteiger partial charge in [0, 0.05) is 10.3 Å². The zero-order chi connectivity index (χ0) is 13.2. The molecule has 0 bridgehead atoms. The van der Waals surface area contributed by atoms with Gasteiger partial charge in [-0.2, -0.15) is 0 Å². The number of guanidine groups is 1. The maximum Gasteiger partial charge on any atom is 0.464 e. The number of rotatable bonds is 2. The van der Waals surface area contributed by atoms with Crippen molar-refractivity contribution in [3.05, 3.63) is 36.5 Å². The van der Waals surface area contributed by atoms with Crippen LogP contribution in [0.3, 0.4) is 0 Å². The lowest BCUT2D eigenvalue weighted by atomic mass is 10.3. The lowest BCUT2D eigenvalue weighted by molar-refractivity contribution is -0.376. The number of para-hydroxylation sites is 1. The molecule has 1 aromatic carbocycles. The maximum absolute atomic E-state index is 12.2. The summed E-state index contributed by atoms with van der Waals surface area (Å²) in [7, 11) is -2.35. The molecular formula is C12H15N4OP+2. The Kier molecular flexibility index (Phi) is 3.28. The molecule has 0 saturated carbocycles. The minimum atomic E-state index is -2.35. The van der Waals surface area contributed by atoms with Gasteiger partial charge in [0.2, 0.25) is 0 Å². The molecule has 1 aliphatic rings. The monoisotopic (exact) mass is 262 g/mol. The Bertz CT molecular complexity index is 598. The third-order valence-electron chi connectivity index (χ3n) is 2.40. The Morgan fingerprint density at radius 1 is 1.39 bits per heavy atom. The second-order valence-electron chi connectivity index (χ2n) is 4.27. The molecule has 0 aromatic heterocycles. The van der Waals surface area contributed by atoms with Gasteiger partial charge in [-0.15, -0.1) is 0 Å². The molecule has 0 unspecified atom stereocenters. The van der Waals surface area contributed by atoms with E-state index in [-0.39, 0.29) is 0 Å². The van der Waals surface area contributed by atoms with Gasteiger partial charge < -0.3 is 4.57 Å². The highest BCUT2D eigenvalue weighted by molar-refractivity contribution is 7.70. The second-order valence-corrected chi connectivity index (χ2v) is 7.46. The molecule has 1 heterocycles. The van der Waals surface area contributed by atoms with Crippen molar-refractivity contribution < 1.29 is 9.56 Å². The van der Waals surface area contributed by atoms with Gasteiger partial charge in [0.05, 0.1) is 5.69 Å². The van der Waals surface area contributed by atoms with Crippen LogP contribution in [-0.4, -0.2) is 25.1 Å². The number of amidine groups is 1. The molecule has 0 amide bonds. The van der Waals surface area contributed by atoms with Crippen molar-refractivity contribution in [2.24, 2.45) is 10.7 Å². The Morgan fingerprint density at radius 2 is 2.11 bits per heavy atom. The summed E-state index contributed by atoms with van der Waals surface area (Å²) in [6.07, 6.45) is 4.46. The van der Waals surface area contributed by atoms with Crippen molar-refractivity contribution in [1.82, 2.24) is 0 Å². The summed E-state index contributed by atoms with van der Waals surface area (Å²) in [5, 5.41) is 3.86. The van der Waals surface area contributed by atoms with Crippen molar-refractivity contribution in [3.8, 4) is 0 Å². The molecular weight excluding hydrogens is 247 g/mol. The van der Waals surface area contributed by atoms with E-state index in [1.165, 1.54) is 0 Å². The molecule has 0 fully saturated rings. The highest BCUT2D eigenvalue weighted by Gasteiger charge is 2.24. The Balaban J connectivity index is 2.34. The fraction of sp³-hybridized carbons (Fsp3) is 0.167. The summed E-state index contributed by atoms with van der Waals surface area (Å²) in [6, 6.07) is 7.45. The van der Waals surface area contributed by atoms with Crippen LogP contribution in [0, 0.1) is 6.08 Å². The predicted octanol–water partition coefficient (Wildman–Crippen LogP) is -0.529. The van der Waals surface area contributed by atoms with Gasteiger partial charge in [-0.05, 0) is 25.5 Å². The summed E-state index contributed by atoms with van der Waals surface area (Å²) in [5.41, 5.74) is 6.32. The third kappa shape index (κ3) is 2.83. The lowest BCUT2D eigenvalue weighted by Gasteiger charge is -2.11. The van der Waals surface area contributed by atoms with Crippen molar-refractivity contribution >= 4 is 29.9 Å². The van der Waals surface area contributed by atoms with Gasteiger partial charge >= 0.3 is 24.1 Å². The zero-order valence-corrected chi connectivity index (χ0v) is 11.2. The average Bonchev–Trinajstić information content (AvgIpc) is 2.28. The Morgan fingerprint density at radius 3 is 2.78 bits per heavy atom. The van der Waals surface area contributed by atoms with Crippen LogP contribution in [0.5, 0.6) is 0 Å². The molecule has 1 aromatic rings. The molecule has 92 valence electrons. The smallest absolute Gasteiger partial charge is 0.319 e. The van der Waals surface area contributed by atoms with Crippen molar-refractivity contribution in [3.63, 3.8) is 0 Å². The van der Waals surface area contributed by atoms with Crippen LogP contribution < -0.4 is 21.3 Å². The van der Waals surface area contributed by atoms with E-state index in [9.17, 15) is 4.57 Å². The SMILES string of the molecule is CP(C)(=O)c1ccccc1NC1=NC(N)=[NH+]C=[C+]1. The van der Waals surface area contributed by atoms with Crippen LogP contribution >= 0.6 is 7.14 Å². The fourth-order valence-electron chi connectivity index (χ4n) is 1.60. The normalized spacial score (nSPS) is 14.6. The first-order valence-electron chi connectivity index (χ1n) is 5.44. The first-order chi connectivity index (χ1) is 8.47. The largest absolute Gasteiger partial charge is 0.464 e. The molecule has 5 nitrogen and oxygen atoms in total. The van der Waals surface area contributed by atoms with Gasteiger partial charge in [-0.3, -0.25) is 11.1 Å². The van der Waals surface area contributed by atoms with Gasteiger partial charge in [0.1, 0.15) is 7.14 Å². The number of aliphatic imine (C=N–C) groups is 1. The highest BCUT2D eigenvalue weighted by atomic mass is 31.2. The van der Waals surface area contributed by atoms with E-state index in [4.69, 9.17) is 5.73 Å². The summed E-state index contributed by atoms with van der Waals surface area (Å²) in [4.78, 5) is 6.78. The topological polar surface area (TPSA) is 81.5 Å². The summed E-state index contributed by atoms with van der Waals surface area (Å²) in [6.45, 7) is 3.47. The summed E-state index contributed by atoms with van der Waals surface area (Å²) >= 11 is 0. The number of benzene rings is 1. The van der Waals surface area contributed by atoms with E-state index < -0.39 is 7.14 Å². The molecule has 0 radical (unpaired) electrons. The number of nitrogens with two attached hydrogens (primary N) is 1. The van der Waals surface area contributed by atoms with Crippen molar-refractivity contribution in [1.29, 1.82) is 0 Å². The minimum absolute atomic E-state index is 0.296. The van der Waals surface area contributed by atoms with Crippen LogP contribution in [0.15, 0.2) is 35.5 Å². The third-order valence-corrected chi connectivity index (χ3v) is 3.95. The van der Waals surface area contributed by atoms with Crippen LogP contribution in [-0.2, 0) is 4.57 Å². The molecule has 0 atom stereocenters. The van der Waals surface area contributed by atoms with E-state index in [0.717, 1.165) is 11.0 Å². The first-order valence-corrected chi connectivity index (χ1v) is 8.04. The van der Waals surface area contributed by atoms with E-state index in [1.54, 1.807) is 19.5 Å². The van der Waals surface area contributed by atoms with Gasteiger partial charge in [0.25, 0.3) is 0 Å². The van der Waals surface area contributed by atoms with Crippen molar-refractivity contribution in [2.75, 3.05) is 18.6 Å². The molecule has 0 aliphatic carbocycles. The molecule has 2 rings (SSSR count). The fourth-order valence-corrected chi connectivity index (χ4v) is 2.76. The number of anilines is 1. The molecule has 1 aliphatic heterocycles. The average molecular weight is 262 g/mol. The Hall–Kier alpha value is -1.96. The van der Waals surface area contributed by atoms with E-state index >= 15 is 0 Å². The van der Waals surface area contributed by atoms with Crippen molar-refractivity contribution in [2.45, 2.75) is 0 Å². The molecule has 18 heavy (non-hydrogen) atoms. The second kappa shape index (κ2) is 4.73. The van der Waals surface area contributed by atoms with Crippen LogP contribution in [0.4, 0.5) is 5.69 Å². The summed E-state index contributed by atoms with van der Waals surface area (Å²) < 4.78 is 12.2. The standard InChI is InChI=1S/C12H14N4OP/c1-18(2,17)10-6-4-3-5-9(10)15-11-7-8-14-12(13)16-11/h3-6,8H,1-2H3,(H3,13,14,15,16)/q+1/p+1. The van der Waals surface area contributed by atoms with E-state index in [2.05, 4.69) is 21.4 Å². The number of nitrogens with one attached hydrogen (secondary N) is 2. The van der Waals surface area contributed by atoms with E-state index in [1.807, 2.05) is 24.3 Å². The highest BCUT2D eigenvalue weighted by Crippen LogP contribution is 2.37. The zero-order valence-electron chi connectivity index (χ0n) is 10.3. The number of hydrogen-bond acceptors (Lipinski definition) is 4. The summed E-state index contributed by atoms with van der Waals surface area (Å²) in [5.74, 6) is 0.789. The lowest BCUT2D eigenvalue weighted by Crippen LogP contribution is -2.70. The number of nitrogens with zero attached hydrogens (tertiary/aromatic N) is 1. The molecule has 6 heteroatoms. The van der Waals surface area contributed by atoms with Gasteiger partial charge in [0.15, 0.2) is 0 Å². The number of hydrogen-bond donors (Lipinski definition) is 3. The van der Waals surface area contributed by atoms with Crippen LogP contribution in [0.25, 0.3) is 0 Å². The minimum Gasteiger partial charge on any atom is -0.319 e. The van der Waals surface area contributed by atoms with Gasteiger partial charge in [-0.1, -0.05) is 12.1 Å². The van der Waals surface area contributed by atoms with E-state index in [0.29, 0.717) is 11.8 Å². The molecule has 0 saturated heterocycles. The van der Waals surface area contributed by atoms with Crippen LogP contribution in [0.1, 0.15) is 0 Å². The quantitative estimate of drug-likeness (QED) is 0.495. The van der Waals surface area contributed by atoms with Crippen LogP contribution in [0.2, 0.25) is 0 Å². The first kappa shape index (κ1) is 12.5. The van der Waals surface area contributed by atoms with Gasteiger partial charge in [-0.25, -0.2) is 4.99 Å². The molecule has 0 spiro atoms.